The zero-order valence-corrected chi connectivity index (χ0v) is 14.8. The van der Waals surface area contributed by atoms with Gasteiger partial charge >= 0.3 is 12.3 Å². The molecule has 3 rings (SSSR count). The van der Waals surface area contributed by atoms with Gasteiger partial charge in [0, 0.05) is 5.69 Å². The monoisotopic (exact) mass is 394 g/mol. The molecule has 0 aromatic heterocycles. The summed E-state index contributed by atoms with van der Waals surface area (Å²) in [6, 6.07) is 11.1. The number of anilines is 1. The summed E-state index contributed by atoms with van der Waals surface area (Å²) in [6.45, 7) is 0.0322. The average molecular weight is 394 g/mol. The molecule has 1 fully saturated rings. The number of methoxy groups -OCH3 is 1. The number of para-hydroxylation sites is 1. The fourth-order valence-electron chi connectivity index (χ4n) is 2.82. The highest BCUT2D eigenvalue weighted by atomic mass is 19.4. The van der Waals surface area contributed by atoms with Gasteiger partial charge in [-0.15, -0.1) is 0 Å². The number of nitrogens with one attached hydrogen (secondary N) is 1. The number of rotatable bonds is 5. The fraction of sp³-hybridized carbons (Fsp3) is 0.263. The number of carbonyl (C=O) groups is 2. The first kappa shape index (κ1) is 19.5. The lowest BCUT2D eigenvalue weighted by Gasteiger charge is -2.15. The summed E-state index contributed by atoms with van der Waals surface area (Å²) >= 11 is 0. The van der Waals surface area contributed by atoms with Crippen LogP contribution >= 0.6 is 0 Å². The van der Waals surface area contributed by atoms with Crippen molar-refractivity contribution in [2.45, 2.75) is 12.3 Å². The molecule has 0 spiro atoms. The molecule has 28 heavy (non-hydrogen) atoms. The van der Waals surface area contributed by atoms with Gasteiger partial charge in [0.1, 0.15) is 11.9 Å². The highest BCUT2D eigenvalue weighted by molar-refractivity contribution is 5.97. The number of amides is 2. The number of carbonyl (C=O) groups excluding carboxylic acids is 2. The lowest BCUT2D eigenvalue weighted by atomic mass is 10.1. The third-order valence-electron chi connectivity index (χ3n) is 4.20. The standard InChI is InChI=1S/C19H17F3N2O4/c1-27-16-8-3-2-7-15(16)17(25)23-10-14-11-24(18(26)28-14)13-6-4-5-12(9-13)19(20,21)22/h2-9,14H,10-11H2,1H3,(H,23,25). The molecule has 1 atom stereocenters. The van der Waals surface area contributed by atoms with Crippen molar-refractivity contribution >= 4 is 17.7 Å². The van der Waals surface area contributed by atoms with Gasteiger partial charge in [0.15, 0.2) is 0 Å². The Morgan fingerprint density at radius 3 is 2.71 bits per heavy atom. The third kappa shape index (κ3) is 4.19. The van der Waals surface area contributed by atoms with E-state index in [2.05, 4.69) is 5.32 Å². The van der Waals surface area contributed by atoms with Crippen LogP contribution in [0.15, 0.2) is 48.5 Å². The molecule has 0 saturated carbocycles. The van der Waals surface area contributed by atoms with Crippen molar-refractivity contribution in [3.8, 4) is 5.75 Å². The highest BCUT2D eigenvalue weighted by Crippen LogP contribution is 2.32. The number of alkyl halides is 3. The molecule has 2 amide bonds. The second kappa shape index (κ2) is 7.79. The molecule has 2 aromatic carbocycles. The Kier molecular flexibility index (Phi) is 5.43. The van der Waals surface area contributed by atoms with Crippen molar-refractivity contribution in [3.05, 3.63) is 59.7 Å². The first-order chi connectivity index (χ1) is 13.3. The predicted octanol–water partition coefficient (Wildman–Crippen LogP) is 3.47. The Morgan fingerprint density at radius 2 is 2.00 bits per heavy atom. The topological polar surface area (TPSA) is 67.9 Å². The summed E-state index contributed by atoms with van der Waals surface area (Å²) in [5, 5.41) is 2.64. The molecule has 1 aliphatic rings. The Labute approximate surface area is 158 Å². The number of nitrogens with zero attached hydrogens (tertiary/aromatic N) is 1. The third-order valence-corrected chi connectivity index (χ3v) is 4.20. The Morgan fingerprint density at radius 1 is 1.25 bits per heavy atom. The van der Waals surface area contributed by atoms with Crippen LogP contribution in [0.25, 0.3) is 0 Å². The SMILES string of the molecule is COc1ccccc1C(=O)NCC1CN(c2cccc(C(F)(F)F)c2)C(=O)O1. The number of benzene rings is 2. The first-order valence-corrected chi connectivity index (χ1v) is 8.36. The zero-order chi connectivity index (χ0) is 20.3. The van der Waals surface area contributed by atoms with Crippen LogP contribution < -0.4 is 15.0 Å². The maximum absolute atomic E-state index is 12.9. The van der Waals surface area contributed by atoms with E-state index in [0.717, 1.165) is 17.0 Å². The van der Waals surface area contributed by atoms with E-state index in [1.807, 2.05) is 0 Å². The van der Waals surface area contributed by atoms with Crippen LogP contribution in [0.1, 0.15) is 15.9 Å². The first-order valence-electron chi connectivity index (χ1n) is 8.36. The smallest absolute Gasteiger partial charge is 0.416 e. The number of ether oxygens (including phenoxy) is 2. The maximum atomic E-state index is 12.9. The molecule has 1 N–H and O–H groups in total. The van der Waals surface area contributed by atoms with Crippen molar-refractivity contribution in [2.75, 3.05) is 25.1 Å². The second-order valence-electron chi connectivity index (χ2n) is 6.07. The van der Waals surface area contributed by atoms with Gasteiger partial charge in [-0.2, -0.15) is 13.2 Å². The molecule has 1 saturated heterocycles. The summed E-state index contributed by atoms with van der Waals surface area (Å²) in [4.78, 5) is 25.5. The van der Waals surface area contributed by atoms with Gasteiger partial charge in [-0.1, -0.05) is 18.2 Å². The number of cyclic esters (lactones) is 1. The molecular weight excluding hydrogens is 377 g/mol. The van der Waals surface area contributed by atoms with E-state index in [1.54, 1.807) is 24.3 Å². The lowest BCUT2D eigenvalue weighted by molar-refractivity contribution is -0.137. The molecule has 6 nitrogen and oxygen atoms in total. The minimum absolute atomic E-state index is 0.0120. The Hall–Kier alpha value is -3.23. The molecule has 9 heteroatoms. The van der Waals surface area contributed by atoms with E-state index in [0.29, 0.717) is 11.3 Å². The number of hydrogen-bond acceptors (Lipinski definition) is 4. The molecule has 148 valence electrons. The van der Waals surface area contributed by atoms with Crippen LogP contribution in [0, 0.1) is 0 Å². The summed E-state index contributed by atoms with van der Waals surface area (Å²) in [5.74, 6) is -0.0139. The van der Waals surface area contributed by atoms with Gasteiger partial charge in [0.25, 0.3) is 5.91 Å². The Bertz CT molecular complexity index is 885. The van der Waals surface area contributed by atoms with Crippen molar-refractivity contribution in [2.24, 2.45) is 0 Å². The predicted molar refractivity (Wildman–Crippen MR) is 94.4 cm³/mol. The van der Waals surface area contributed by atoms with E-state index >= 15 is 0 Å². The average Bonchev–Trinajstić information content (AvgIpc) is 3.06. The summed E-state index contributed by atoms with van der Waals surface area (Å²) in [6.07, 6.45) is -5.97. The molecule has 1 heterocycles. The van der Waals surface area contributed by atoms with Gasteiger partial charge in [0.2, 0.25) is 0 Å². The maximum Gasteiger partial charge on any atom is 0.416 e. The van der Waals surface area contributed by atoms with Crippen molar-refractivity contribution in [1.82, 2.24) is 5.32 Å². The molecule has 1 unspecified atom stereocenters. The molecular formula is C19H17F3N2O4. The van der Waals surface area contributed by atoms with E-state index < -0.39 is 29.8 Å². The van der Waals surface area contributed by atoms with Crippen molar-refractivity contribution in [1.29, 1.82) is 0 Å². The number of hydrogen-bond donors (Lipinski definition) is 1. The summed E-state index contributed by atoms with van der Waals surface area (Å²) in [5.41, 5.74) is -0.451. The van der Waals surface area contributed by atoms with Crippen molar-refractivity contribution in [3.63, 3.8) is 0 Å². The van der Waals surface area contributed by atoms with Gasteiger partial charge in [-0.25, -0.2) is 4.79 Å². The van der Waals surface area contributed by atoms with Crippen LogP contribution in [-0.4, -0.2) is 38.3 Å². The van der Waals surface area contributed by atoms with Gasteiger partial charge in [-0.05, 0) is 30.3 Å². The van der Waals surface area contributed by atoms with Crippen LogP contribution in [0.3, 0.4) is 0 Å². The molecule has 0 bridgehead atoms. The summed E-state index contributed by atoms with van der Waals surface area (Å²) < 4.78 is 48.9. The fourth-order valence-corrected chi connectivity index (χ4v) is 2.82. The minimum Gasteiger partial charge on any atom is -0.496 e. The largest absolute Gasteiger partial charge is 0.496 e. The van der Waals surface area contributed by atoms with E-state index in [-0.39, 0.29) is 18.8 Å². The van der Waals surface area contributed by atoms with Gasteiger partial charge in [0.05, 0.1) is 31.3 Å². The second-order valence-corrected chi connectivity index (χ2v) is 6.07. The summed E-state index contributed by atoms with van der Waals surface area (Å²) in [7, 11) is 1.44. The van der Waals surface area contributed by atoms with Crippen LogP contribution in [0.5, 0.6) is 5.75 Å². The van der Waals surface area contributed by atoms with Crippen LogP contribution in [0.4, 0.5) is 23.7 Å². The minimum atomic E-state index is -4.51. The van der Waals surface area contributed by atoms with Gasteiger partial charge < -0.3 is 14.8 Å². The Balaban J connectivity index is 1.64. The molecule has 2 aromatic rings. The quantitative estimate of drug-likeness (QED) is 0.843. The highest BCUT2D eigenvalue weighted by Gasteiger charge is 2.35. The van der Waals surface area contributed by atoms with Gasteiger partial charge in [-0.3, -0.25) is 9.69 Å². The van der Waals surface area contributed by atoms with Crippen molar-refractivity contribution < 1.29 is 32.2 Å². The zero-order valence-electron chi connectivity index (χ0n) is 14.8. The van der Waals surface area contributed by atoms with E-state index in [9.17, 15) is 22.8 Å². The van der Waals surface area contributed by atoms with Crippen LogP contribution in [-0.2, 0) is 10.9 Å². The van der Waals surface area contributed by atoms with E-state index in [4.69, 9.17) is 9.47 Å². The van der Waals surface area contributed by atoms with E-state index in [1.165, 1.54) is 19.2 Å². The van der Waals surface area contributed by atoms with Crippen LogP contribution in [0.2, 0.25) is 0 Å². The normalized spacial score (nSPS) is 16.6. The molecule has 0 radical (unpaired) electrons. The number of halogens is 3. The molecule has 1 aliphatic heterocycles. The lowest BCUT2D eigenvalue weighted by Crippen LogP contribution is -2.34. The molecule has 0 aliphatic carbocycles.